The molecular formula is C17H13ClN4O5S2. The van der Waals surface area contributed by atoms with Crippen LogP contribution in [0.25, 0.3) is 0 Å². The lowest BCUT2D eigenvalue weighted by Crippen LogP contribution is -2.13. The van der Waals surface area contributed by atoms with Gasteiger partial charge in [0.05, 0.1) is 12.7 Å². The number of amides is 1. The third kappa shape index (κ3) is 5.08. The van der Waals surface area contributed by atoms with E-state index >= 15 is 0 Å². The predicted octanol–water partition coefficient (Wildman–Crippen LogP) is 3.03. The normalized spacial score (nSPS) is 11.0. The van der Waals surface area contributed by atoms with E-state index in [4.69, 9.17) is 11.6 Å². The van der Waals surface area contributed by atoms with Crippen molar-refractivity contribution in [2.24, 2.45) is 0 Å². The molecule has 0 atom stereocenters. The number of anilines is 2. The molecule has 0 fully saturated rings. The fraction of sp³-hybridized carbons (Fsp3) is 0.0588. The number of carbonyl (C=O) groups is 2. The van der Waals surface area contributed by atoms with Crippen molar-refractivity contribution in [3.8, 4) is 0 Å². The molecule has 0 aliphatic rings. The first-order chi connectivity index (χ1) is 13.8. The van der Waals surface area contributed by atoms with Gasteiger partial charge in [-0.3, -0.25) is 14.8 Å². The predicted molar refractivity (Wildman–Crippen MR) is 108 cm³/mol. The second-order valence-electron chi connectivity index (χ2n) is 5.51. The Balaban J connectivity index is 1.74. The summed E-state index contributed by atoms with van der Waals surface area (Å²) in [6.07, 6.45) is 0. The Morgan fingerprint density at radius 3 is 2.48 bits per heavy atom. The summed E-state index contributed by atoms with van der Waals surface area (Å²) in [5.41, 5.74) is 0.655. The summed E-state index contributed by atoms with van der Waals surface area (Å²) in [7, 11) is -2.85. The summed E-state index contributed by atoms with van der Waals surface area (Å²) in [6.45, 7) is 0. The van der Waals surface area contributed by atoms with Crippen LogP contribution in [0.3, 0.4) is 0 Å². The number of nitrogens with zero attached hydrogens (tertiary/aromatic N) is 2. The van der Waals surface area contributed by atoms with Gasteiger partial charge >= 0.3 is 5.97 Å². The van der Waals surface area contributed by atoms with E-state index in [0.717, 1.165) is 0 Å². The van der Waals surface area contributed by atoms with E-state index in [9.17, 15) is 18.0 Å². The minimum Gasteiger partial charge on any atom is -0.465 e. The highest BCUT2D eigenvalue weighted by Crippen LogP contribution is 2.23. The zero-order chi connectivity index (χ0) is 21.0. The third-order valence-corrected chi connectivity index (χ3v) is 6.34. The van der Waals surface area contributed by atoms with Crippen molar-refractivity contribution in [3.05, 3.63) is 64.7 Å². The van der Waals surface area contributed by atoms with Gasteiger partial charge in [-0.1, -0.05) is 29.0 Å². The van der Waals surface area contributed by atoms with Gasteiger partial charge in [0.1, 0.15) is 0 Å². The van der Waals surface area contributed by atoms with Crippen LogP contribution in [0, 0.1) is 0 Å². The van der Waals surface area contributed by atoms with Gasteiger partial charge in [0.15, 0.2) is 0 Å². The van der Waals surface area contributed by atoms with E-state index in [-0.39, 0.29) is 20.7 Å². The minimum absolute atomic E-state index is 0.00800. The molecule has 0 unspecified atom stereocenters. The number of nitrogens with one attached hydrogen (secondary N) is 2. The van der Waals surface area contributed by atoms with Crippen LogP contribution in [-0.2, 0) is 14.8 Å². The smallest absolute Gasteiger partial charge is 0.337 e. The topological polar surface area (TPSA) is 127 Å². The second kappa shape index (κ2) is 8.55. The number of ether oxygens (including phenoxy) is 1. The van der Waals surface area contributed by atoms with Gasteiger partial charge in [0.2, 0.25) is 5.13 Å². The molecule has 29 heavy (non-hydrogen) atoms. The van der Waals surface area contributed by atoms with Crippen molar-refractivity contribution in [2.45, 2.75) is 4.34 Å². The quantitative estimate of drug-likeness (QED) is 0.434. The Morgan fingerprint density at radius 1 is 1.07 bits per heavy atom. The minimum atomic E-state index is -4.07. The second-order valence-corrected chi connectivity index (χ2v) is 8.78. The lowest BCUT2D eigenvalue weighted by molar-refractivity contribution is 0.0600. The standard InChI is InChI=1S/C17H13ClN4O5S2/c1-27-15(24)11-3-2-4-13(9-11)22-29(25,26)17-21-20-16(28-17)19-14(23)10-5-7-12(18)8-6-10/h2-9,22H,1H3,(H,19,20,23). The zero-order valence-corrected chi connectivity index (χ0v) is 17.1. The molecule has 0 saturated heterocycles. The highest BCUT2D eigenvalue weighted by atomic mass is 35.5. The first kappa shape index (κ1) is 20.7. The molecule has 3 aromatic rings. The Morgan fingerprint density at radius 2 is 1.79 bits per heavy atom. The van der Waals surface area contributed by atoms with Crippen LogP contribution in [-0.4, -0.2) is 37.6 Å². The molecule has 1 amide bonds. The third-order valence-electron chi connectivity index (χ3n) is 3.50. The molecular weight excluding hydrogens is 440 g/mol. The van der Waals surface area contributed by atoms with Gasteiger partial charge < -0.3 is 4.74 Å². The van der Waals surface area contributed by atoms with E-state index in [1.165, 1.54) is 43.5 Å². The number of sulfonamides is 1. The maximum Gasteiger partial charge on any atom is 0.337 e. The number of esters is 1. The number of benzene rings is 2. The zero-order valence-electron chi connectivity index (χ0n) is 14.7. The number of hydrogen-bond acceptors (Lipinski definition) is 8. The largest absolute Gasteiger partial charge is 0.465 e. The van der Waals surface area contributed by atoms with E-state index in [1.807, 2.05) is 0 Å². The van der Waals surface area contributed by atoms with Crippen molar-refractivity contribution >= 4 is 55.7 Å². The van der Waals surface area contributed by atoms with Crippen LogP contribution in [0.2, 0.25) is 5.02 Å². The summed E-state index contributed by atoms with van der Waals surface area (Å²) in [5.74, 6) is -1.09. The molecule has 1 heterocycles. The SMILES string of the molecule is COC(=O)c1cccc(NS(=O)(=O)c2nnc(NC(=O)c3ccc(Cl)cc3)s2)c1. The van der Waals surface area contributed by atoms with Gasteiger partial charge in [-0.05, 0) is 42.5 Å². The number of hydrogen-bond donors (Lipinski definition) is 2. The molecule has 2 aromatic carbocycles. The van der Waals surface area contributed by atoms with E-state index in [2.05, 4.69) is 25.0 Å². The number of halogens is 1. The molecule has 9 nitrogen and oxygen atoms in total. The summed E-state index contributed by atoms with van der Waals surface area (Å²) >= 11 is 6.46. The Kier molecular flexibility index (Phi) is 6.11. The molecule has 150 valence electrons. The van der Waals surface area contributed by atoms with E-state index in [1.54, 1.807) is 12.1 Å². The maximum absolute atomic E-state index is 12.5. The van der Waals surface area contributed by atoms with Crippen molar-refractivity contribution in [3.63, 3.8) is 0 Å². The number of carbonyl (C=O) groups excluding carboxylic acids is 2. The molecule has 0 bridgehead atoms. The Bertz CT molecular complexity index is 1160. The van der Waals surface area contributed by atoms with Crippen LogP contribution in [0.15, 0.2) is 52.9 Å². The van der Waals surface area contributed by atoms with E-state index < -0.39 is 21.9 Å². The lowest BCUT2D eigenvalue weighted by Gasteiger charge is -2.06. The molecule has 0 radical (unpaired) electrons. The van der Waals surface area contributed by atoms with Gasteiger partial charge in [-0.2, -0.15) is 8.42 Å². The molecule has 12 heteroatoms. The van der Waals surface area contributed by atoms with Crippen LogP contribution in [0.1, 0.15) is 20.7 Å². The highest BCUT2D eigenvalue weighted by molar-refractivity contribution is 7.94. The van der Waals surface area contributed by atoms with Crippen LogP contribution < -0.4 is 10.0 Å². The highest BCUT2D eigenvalue weighted by Gasteiger charge is 2.22. The molecule has 2 N–H and O–H groups in total. The van der Waals surface area contributed by atoms with Gasteiger partial charge in [0, 0.05) is 16.3 Å². The Labute approximate surface area is 174 Å². The maximum atomic E-state index is 12.5. The number of methoxy groups -OCH3 is 1. The van der Waals surface area contributed by atoms with Crippen molar-refractivity contribution < 1.29 is 22.7 Å². The summed E-state index contributed by atoms with van der Waals surface area (Å²) in [4.78, 5) is 23.8. The van der Waals surface area contributed by atoms with Crippen LogP contribution in [0.5, 0.6) is 0 Å². The van der Waals surface area contributed by atoms with Crippen LogP contribution >= 0.6 is 22.9 Å². The van der Waals surface area contributed by atoms with Gasteiger partial charge in [0.25, 0.3) is 20.3 Å². The van der Waals surface area contributed by atoms with Gasteiger partial charge in [-0.15, -0.1) is 10.2 Å². The average Bonchev–Trinajstić information content (AvgIpc) is 3.17. The van der Waals surface area contributed by atoms with Crippen molar-refractivity contribution in [1.82, 2.24) is 10.2 Å². The first-order valence-corrected chi connectivity index (χ1v) is 10.6. The molecule has 0 spiro atoms. The number of rotatable bonds is 6. The lowest BCUT2D eigenvalue weighted by atomic mass is 10.2. The van der Waals surface area contributed by atoms with Crippen LogP contribution in [0.4, 0.5) is 10.8 Å². The molecule has 1 aromatic heterocycles. The monoisotopic (exact) mass is 452 g/mol. The van der Waals surface area contributed by atoms with Crippen molar-refractivity contribution in [1.29, 1.82) is 0 Å². The number of aromatic nitrogens is 2. The summed E-state index contributed by atoms with van der Waals surface area (Å²) in [5, 5.41) is 10.3. The molecule has 0 aliphatic heterocycles. The fourth-order valence-electron chi connectivity index (χ4n) is 2.17. The Hall–Kier alpha value is -3.02. The molecule has 3 rings (SSSR count). The average molecular weight is 453 g/mol. The summed E-state index contributed by atoms with van der Waals surface area (Å²) < 4.78 is 31.6. The molecule has 0 aliphatic carbocycles. The van der Waals surface area contributed by atoms with E-state index in [0.29, 0.717) is 21.9 Å². The van der Waals surface area contributed by atoms with Crippen molar-refractivity contribution in [2.75, 3.05) is 17.1 Å². The van der Waals surface area contributed by atoms with Gasteiger partial charge in [-0.25, -0.2) is 4.79 Å². The summed E-state index contributed by atoms with van der Waals surface area (Å²) in [6, 6.07) is 11.9. The molecule has 0 saturated carbocycles. The fourth-order valence-corrected chi connectivity index (χ4v) is 4.24. The first-order valence-electron chi connectivity index (χ1n) is 7.90.